The van der Waals surface area contributed by atoms with Crippen molar-refractivity contribution in [3.8, 4) is 11.4 Å². The Balaban J connectivity index is 1.65. The van der Waals surface area contributed by atoms with E-state index in [1.165, 1.54) is 11.8 Å². The Labute approximate surface area is 152 Å². The van der Waals surface area contributed by atoms with Crippen LogP contribution in [0, 0.1) is 0 Å². The van der Waals surface area contributed by atoms with E-state index in [4.69, 9.17) is 4.74 Å². The largest absolute Gasteiger partial charge is 0.496 e. The molecule has 0 N–H and O–H groups in total. The fourth-order valence-corrected chi connectivity index (χ4v) is 3.31. The minimum Gasteiger partial charge on any atom is -0.496 e. The average Bonchev–Trinajstić information content (AvgIpc) is 3.09. The molecule has 1 heterocycles. The third-order valence-corrected chi connectivity index (χ3v) is 4.77. The first-order valence-electron chi connectivity index (χ1n) is 7.14. The van der Waals surface area contributed by atoms with E-state index >= 15 is 0 Å². The van der Waals surface area contributed by atoms with E-state index < -0.39 is 0 Å². The molecule has 3 rings (SSSR count). The van der Waals surface area contributed by atoms with E-state index in [-0.39, 0.29) is 11.5 Å². The number of thioether (sulfide) groups is 1. The van der Waals surface area contributed by atoms with Gasteiger partial charge >= 0.3 is 0 Å². The van der Waals surface area contributed by atoms with Gasteiger partial charge in [0.25, 0.3) is 0 Å². The highest BCUT2D eigenvalue weighted by atomic mass is 79.9. The van der Waals surface area contributed by atoms with Gasteiger partial charge in [-0.05, 0) is 46.3 Å². The quantitative estimate of drug-likeness (QED) is 0.459. The molecule has 122 valence electrons. The lowest BCUT2D eigenvalue weighted by Gasteiger charge is -2.05. The van der Waals surface area contributed by atoms with E-state index in [0.717, 1.165) is 10.2 Å². The molecule has 0 amide bonds. The zero-order valence-electron chi connectivity index (χ0n) is 12.8. The third kappa shape index (κ3) is 3.85. The van der Waals surface area contributed by atoms with Gasteiger partial charge in [-0.1, -0.05) is 30.0 Å². The van der Waals surface area contributed by atoms with E-state index in [1.54, 1.807) is 36.3 Å². The van der Waals surface area contributed by atoms with Crippen LogP contribution in [-0.2, 0) is 0 Å². The van der Waals surface area contributed by atoms with Crippen LogP contribution < -0.4 is 4.74 Å². The van der Waals surface area contributed by atoms with Crippen molar-refractivity contribution in [1.82, 2.24) is 14.8 Å². The molecular formula is C17H14BrN3O2S. The highest BCUT2D eigenvalue weighted by molar-refractivity contribution is 9.10. The van der Waals surface area contributed by atoms with Crippen LogP contribution in [0.2, 0.25) is 0 Å². The van der Waals surface area contributed by atoms with Gasteiger partial charge in [0.15, 0.2) is 5.78 Å². The Morgan fingerprint density at radius 3 is 2.75 bits per heavy atom. The number of carbonyl (C=O) groups excluding carboxylic acids is 1. The van der Waals surface area contributed by atoms with Gasteiger partial charge in [0.1, 0.15) is 12.1 Å². The molecule has 0 aliphatic rings. The Hall–Kier alpha value is -2.12. The molecule has 24 heavy (non-hydrogen) atoms. The van der Waals surface area contributed by atoms with Crippen LogP contribution in [0.4, 0.5) is 0 Å². The highest BCUT2D eigenvalue weighted by Crippen LogP contribution is 2.26. The van der Waals surface area contributed by atoms with Gasteiger partial charge in [-0.2, -0.15) is 0 Å². The van der Waals surface area contributed by atoms with Crippen LogP contribution in [0.3, 0.4) is 0 Å². The molecule has 3 aromatic rings. The molecule has 0 atom stereocenters. The monoisotopic (exact) mass is 403 g/mol. The minimum absolute atomic E-state index is 0.0133. The fraction of sp³-hybridized carbons (Fsp3) is 0.118. The van der Waals surface area contributed by atoms with Crippen LogP contribution in [0.1, 0.15) is 10.4 Å². The maximum Gasteiger partial charge on any atom is 0.209 e. The smallest absolute Gasteiger partial charge is 0.209 e. The SMILES string of the molecule is COc1ccc(C(=O)CSc2ncn(-c3ccccc3)n2)cc1Br. The summed E-state index contributed by atoms with van der Waals surface area (Å²) in [7, 11) is 1.59. The van der Waals surface area contributed by atoms with Gasteiger partial charge in [-0.3, -0.25) is 4.79 Å². The molecular weight excluding hydrogens is 390 g/mol. The number of hydrogen-bond donors (Lipinski definition) is 0. The summed E-state index contributed by atoms with van der Waals surface area (Å²) >= 11 is 4.70. The normalized spacial score (nSPS) is 10.6. The molecule has 1 aromatic heterocycles. The summed E-state index contributed by atoms with van der Waals surface area (Å²) in [6.07, 6.45) is 1.64. The lowest BCUT2D eigenvalue weighted by molar-refractivity contribution is 0.102. The molecule has 5 nitrogen and oxygen atoms in total. The van der Waals surface area contributed by atoms with Crippen molar-refractivity contribution >= 4 is 33.5 Å². The molecule has 0 aliphatic carbocycles. The number of rotatable bonds is 6. The number of benzene rings is 2. The number of hydrogen-bond acceptors (Lipinski definition) is 5. The molecule has 0 saturated heterocycles. The molecule has 0 aliphatic heterocycles. The Morgan fingerprint density at radius 2 is 2.04 bits per heavy atom. The summed E-state index contributed by atoms with van der Waals surface area (Å²) in [6, 6.07) is 15.0. The second-order valence-electron chi connectivity index (χ2n) is 4.87. The first-order valence-corrected chi connectivity index (χ1v) is 8.92. The molecule has 2 aromatic carbocycles. The first-order chi connectivity index (χ1) is 11.7. The summed E-state index contributed by atoms with van der Waals surface area (Å²) in [5.74, 6) is 0.985. The Kier molecular flexibility index (Phi) is 5.32. The number of para-hydroxylation sites is 1. The molecule has 0 bridgehead atoms. The third-order valence-electron chi connectivity index (χ3n) is 3.30. The lowest BCUT2D eigenvalue weighted by Crippen LogP contribution is -2.03. The second kappa shape index (κ2) is 7.63. The fourth-order valence-electron chi connectivity index (χ4n) is 2.07. The number of nitrogens with zero attached hydrogens (tertiary/aromatic N) is 3. The van der Waals surface area contributed by atoms with Crippen molar-refractivity contribution in [1.29, 1.82) is 0 Å². The van der Waals surface area contributed by atoms with Crippen LogP contribution in [0.25, 0.3) is 5.69 Å². The number of Topliss-reactive ketones (excluding diaryl/α,β-unsaturated/α-hetero) is 1. The second-order valence-corrected chi connectivity index (χ2v) is 6.67. The lowest BCUT2D eigenvalue weighted by atomic mass is 10.1. The zero-order chi connectivity index (χ0) is 16.9. The minimum atomic E-state index is 0.0133. The molecule has 0 fully saturated rings. The van der Waals surface area contributed by atoms with E-state index in [0.29, 0.717) is 16.5 Å². The van der Waals surface area contributed by atoms with Crippen molar-refractivity contribution in [2.24, 2.45) is 0 Å². The summed E-state index contributed by atoms with van der Waals surface area (Å²) in [5.41, 5.74) is 1.56. The van der Waals surface area contributed by atoms with Gasteiger partial charge in [0, 0.05) is 5.56 Å². The van der Waals surface area contributed by atoms with Crippen LogP contribution in [0.5, 0.6) is 5.75 Å². The van der Waals surface area contributed by atoms with Crippen molar-refractivity contribution in [3.63, 3.8) is 0 Å². The summed E-state index contributed by atoms with van der Waals surface area (Å²) < 4.78 is 7.62. The van der Waals surface area contributed by atoms with Crippen molar-refractivity contribution in [2.75, 3.05) is 12.9 Å². The first kappa shape index (κ1) is 16.7. The van der Waals surface area contributed by atoms with Crippen LogP contribution >= 0.6 is 27.7 Å². The van der Waals surface area contributed by atoms with Gasteiger partial charge < -0.3 is 4.74 Å². The number of aromatic nitrogens is 3. The standard InChI is InChI=1S/C17H14BrN3O2S/c1-23-16-8-7-12(9-14(16)18)15(22)10-24-17-19-11-21(20-17)13-5-3-2-4-6-13/h2-9,11H,10H2,1H3. The number of ether oxygens (including phenoxy) is 1. The van der Waals surface area contributed by atoms with Crippen LogP contribution in [-0.4, -0.2) is 33.4 Å². The molecule has 0 unspecified atom stereocenters. The highest BCUT2D eigenvalue weighted by Gasteiger charge is 2.11. The van der Waals surface area contributed by atoms with Crippen LogP contribution in [0.15, 0.2) is 64.5 Å². The summed E-state index contributed by atoms with van der Waals surface area (Å²) in [4.78, 5) is 16.5. The van der Waals surface area contributed by atoms with Gasteiger partial charge in [0.05, 0.1) is 23.0 Å². The van der Waals surface area contributed by atoms with E-state index in [2.05, 4.69) is 26.0 Å². The summed E-state index contributed by atoms with van der Waals surface area (Å²) in [6.45, 7) is 0. The number of ketones is 1. The molecule has 0 radical (unpaired) electrons. The van der Waals surface area contributed by atoms with E-state index in [1.807, 2.05) is 30.3 Å². The van der Waals surface area contributed by atoms with Gasteiger partial charge in [-0.15, -0.1) is 5.10 Å². The average molecular weight is 404 g/mol. The number of methoxy groups -OCH3 is 1. The van der Waals surface area contributed by atoms with E-state index in [9.17, 15) is 4.79 Å². The predicted molar refractivity (Wildman–Crippen MR) is 97.1 cm³/mol. The maximum absolute atomic E-state index is 12.3. The predicted octanol–water partition coefficient (Wildman–Crippen LogP) is 4.01. The summed E-state index contributed by atoms with van der Waals surface area (Å²) in [5, 5.41) is 4.95. The number of carbonyl (C=O) groups is 1. The number of halogens is 1. The zero-order valence-corrected chi connectivity index (χ0v) is 15.3. The maximum atomic E-state index is 12.3. The molecule has 0 saturated carbocycles. The van der Waals surface area contributed by atoms with Crippen molar-refractivity contribution < 1.29 is 9.53 Å². The Morgan fingerprint density at radius 1 is 1.25 bits per heavy atom. The molecule has 0 spiro atoms. The Bertz CT molecular complexity index is 852. The van der Waals surface area contributed by atoms with Gasteiger partial charge in [-0.25, -0.2) is 9.67 Å². The van der Waals surface area contributed by atoms with Crippen molar-refractivity contribution in [2.45, 2.75) is 5.16 Å². The topological polar surface area (TPSA) is 57.0 Å². The van der Waals surface area contributed by atoms with Crippen molar-refractivity contribution in [3.05, 3.63) is 64.9 Å². The van der Waals surface area contributed by atoms with Gasteiger partial charge in [0.2, 0.25) is 5.16 Å². The molecule has 7 heteroatoms.